The Morgan fingerprint density at radius 2 is 1.94 bits per heavy atom. The maximum Gasteiger partial charge on any atom is 0.254 e. The maximum atomic E-state index is 12.6. The summed E-state index contributed by atoms with van der Waals surface area (Å²) >= 11 is 0. The number of amides is 1. The molecule has 0 bridgehead atoms. The smallest absolute Gasteiger partial charge is 0.254 e. The van der Waals surface area contributed by atoms with Crippen LogP contribution in [-0.2, 0) is 9.59 Å². The number of Topliss-reactive ketones (excluding diaryl/α,β-unsaturated/α-hetero) is 1. The van der Waals surface area contributed by atoms with Gasteiger partial charge in [-0.2, -0.15) is 0 Å². The van der Waals surface area contributed by atoms with E-state index in [1.165, 1.54) is 6.92 Å². The molecule has 2 atom stereocenters. The summed E-state index contributed by atoms with van der Waals surface area (Å²) in [5.74, 6) is -0.0313. The SMILES string of the molecule is CN[C@H]1CCC(C)N(C)N(C(C)(C)C(C)=O)C1=O. The number of hydrazine groups is 1. The molecule has 1 aliphatic heterocycles. The van der Waals surface area contributed by atoms with E-state index in [4.69, 9.17) is 0 Å². The average Bonchev–Trinajstić information content (AvgIpc) is 2.38. The first kappa shape index (κ1) is 15.1. The summed E-state index contributed by atoms with van der Waals surface area (Å²) < 4.78 is 0. The summed E-state index contributed by atoms with van der Waals surface area (Å²) in [4.78, 5) is 24.4. The number of ketones is 1. The summed E-state index contributed by atoms with van der Waals surface area (Å²) in [5, 5.41) is 6.57. The lowest BCUT2D eigenvalue weighted by atomic mass is 9.98. The van der Waals surface area contributed by atoms with Gasteiger partial charge in [0.15, 0.2) is 5.78 Å². The van der Waals surface area contributed by atoms with Crippen LogP contribution < -0.4 is 5.32 Å². The van der Waals surface area contributed by atoms with E-state index < -0.39 is 5.54 Å². The minimum absolute atomic E-state index is 0.00773. The molecule has 18 heavy (non-hydrogen) atoms. The van der Waals surface area contributed by atoms with Crippen molar-refractivity contribution >= 4 is 11.7 Å². The molecule has 0 radical (unpaired) electrons. The van der Waals surface area contributed by atoms with Crippen LogP contribution in [0, 0.1) is 0 Å². The Kier molecular flexibility index (Phi) is 4.50. The first-order valence-corrected chi connectivity index (χ1v) is 6.48. The minimum atomic E-state index is -0.806. The number of hydrogen-bond donors (Lipinski definition) is 1. The lowest BCUT2D eigenvalue weighted by Gasteiger charge is -2.44. The second-order valence-corrected chi connectivity index (χ2v) is 5.61. The summed E-state index contributed by atoms with van der Waals surface area (Å²) in [6.07, 6.45) is 1.73. The van der Waals surface area contributed by atoms with Crippen molar-refractivity contribution in [3.63, 3.8) is 0 Å². The number of likely N-dealkylation sites (N-methyl/N-ethyl adjacent to an activating group) is 1. The number of carbonyl (C=O) groups excluding carboxylic acids is 2. The Bertz CT molecular complexity index is 341. The molecule has 1 aliphatic rings. The molecule has 0 aliphatic carbocycles. The highest BCUT2D eigenvalue weighted by Gasteiger charge is 2.43. The molecule has 0 saturated carbocycles. The van der Waals surface area contributed by atoms with Gasteiger partial charge in [0.05, 0.1) is 6.04 Å². The summed E-state index contributed by atoms with van der Waals surface area (Å²) in [5.41, 5.74) is -0.806. The molecule has 1 saturated heterocycles. The third kappa shape index (κ3) is 2.57. The quantitative estimate of drug-likeness (QED) is 0.810. The van der Waals surface area contributed by atoms with Crippen LogP contribution in [0.15, 0.2) is 0 Å². The summed E-state index contributed by atoms with van der Waals surface area (Å²) in [6, 6.07) is 0.0296. The van der Waals surface area contributed by atoms with E-state index in [0.29, 0.717) is 0 Å². The highest BCUT2D eigenvalue weighted by Crippen LogP contribution is 2.25. The van der Waals surface area contributed by atoms with Gasteiger partial charge in [0, 0.05) is 13.1 Å². The summed E-state index contributed by atoms with van der Waals surface area (Å²) in [7, 11) is 3.67. The second kappa shape index (κ2) is 5.36. The van der Waals surface area contributed by atoms with Gasteiger partial charge in [0.25, 0.3) is 5.91 Å². The highest BCUT2D eigenvalue weighted by atomic mass is 16.2. The molecule has 104 valence electrons. The number of nitrogens with one attached hydrogen (secondary N) is 1. The van der Waals surface area contributed by atoms with E-state index in [2.05, 4.69) is 12.2 Å². The molecule has 1 unspecified atom stereocenters. The van der Waals surface area contributed by atoms with Gasteiger partial charge < -0.3 is 5.32 Å². The van der Waals surface area contributed by atoms with Gasteiger partial charge in [-0.05, 0) is 47.6 Å². The van der Waals surface area contributed by atoms with Crippen molar-refractivity contribution in [2.75, 3.05) is 14.1 Å². The van der Waals surface area contributed by atoms with Gasteiger partial charge >= 0.3 is 0 Å². The third-order valence-electron chi connectivity index (χ3n) is 4.07. The van der Waals surface area contributed by atoms with E-state index in [1.807, 2.05) is 12.1 Å². The molecule has 1 rings (SSSR count). The van der Waals surface area contributed by atoms with Crippen molar-refractivity contribution in [2.24, 2.45) is 0 Å². The number of carbonyl (C=O) groups is 2. The van der Waals surface area contributed by atoms with Gasteiger partial charge in [-0.15, -0.1) is 0 Å². The van der Waals surface area contributed by atoms with E-state index in [9.17, 15) is 9.59 Å². The standard InChI is InChI=1S/C13H25N3O2/c1-9-7-8-11(14-5)12(18)16(15(9)6)13(3,4)10(2)17/h9,11,14H,7-8H2,1-6H3/t9?,11-/m0/s1. The maximum absolute atomic E-state index is 12.6. The monoisotopic (exact) mass is 255 g/mol. The predicted octanol–water partition coefficient (Wildman–Crippen LogP) is 0.800. The van der Waals surface area contributed by atoms with Crippen LogP contribution in [0.4, 0.5) is 0 Å². The Labute approximate surface area is 109 Å². The second-order valence-electron chi connectivity index (χ2n) is 5.61. The molecule has 0 spiro atoms. The van der Waals surface area contributed by atoms with E-state index in [-0.39, 0.29) is 23.8 Å². The molecule has 5 nitrogen and oxygen atoms in total. The Balaban J connectivity index is 3.16. The van der Waals surface area contributed by atoms with E-state index in [1.54, 1.807) is 25.9 Å². The van der Waals surface area contributed by atoms with Crippen molar-refractivity contribution in [2.45, 2.75) is 58.2 Å². The van der Waals surface area contributed by atoms with Crippen LogP contribution in [0.1, 0.15) is 40.5 Å². The lowest BCUT2D eigenvalue weighted by Crippen LogP contribution is -2.62. The molecule has 0 aromatic heterocycles. The molecule has 5 heteroatoms. The third-order valence-corrected chi connectivity index (χ3v) is 4.07. The fourth-order valence-corrected chi connectivity index (χ4v) is 2.31. The molecular formula is C13H25N3O2. The number of rotatable bonds is 3. The number of nitrogens with zero attached hydrogens (tertiary/aromatic N) is 2. The van der Waals surface area contributed by atoms with Crippen molar-refractivity contribution in [3.8, 4) is 0 Å². The topological polar surface area (TPSA) is 52.6 Å². The minimum Gasteiger partial charge on any atom is -0.309 e. The van der Waals surface area contributed by atoms with Gasteiger partial charge in [0.1, 0.15) is 5.54 Å². The van der Waals surface area contributed by atoms with Gasteiger partial charge in [-0.3, -0.25) is 14.6 Å². The average molecular weight is 255 g/mol. The zero-order valence-electron chi connectivity index (χ0n) is 12.3. The van der Waals surface area contributed by atoms with Crippen LogP contribution in [0.2, 0.25) is 0 Å². The van der Waals surface area contributed by atoms with Crippen molar-refractivity contribution in [1.82, 2.24) is 15.3 Å². The van der Waals surface area contributed by atoms with Crippen LogP contribution >= 0.6 is 0 Å². The molecule has 0 aromatic rings. The van der Waals surface area contributed by atoms with Gasteiger partial charge in [-0.25, -0.2) is 5.01 Å². The van der Waals surface area contributed by atoms with E-state index in [0.717, 1.165) is 12.8 Å². The molecule has 1 N–H and O–H groups in total. The first-order valence-electron chi connectivity index (χ1n) is 6.48. The largest absolute Gasteiger partial charge is 0.309 e. The predicted molar refractivity (Wildman–Crippen MR) is 70.9 cm³/mol. The Morgan fingerprint density at radius 3 is 2.39 bits per heavy atom. The van der Waals surface area contributed by atoms with E-state index >= 15 is 0 Å². The molecular weight excluding hydrogens is 230 g/mol. The lowest BCUT2D eigenvalue weighted by molar-refractivity contribution is -0.169. The van der Waals surface area contributed by atoms with Crippen molar-refractivity contribution < 1.29 is 9.59 Å². The van der Waals surface area contributed by atoms with Crippen LogP contribution in [-0.4, -0.2) is 53.4 Å². The first-order chi connectivity index (χ1) is 8.23. The van der Waals surface area contributed by atoms with Gasteiger partial charge in [-0.1, -0.05) is 0 Å². The highest BCUT2D eigenvalue weighted by molar-refractivity contribution is 5.92. The van der Waals surface area contributed by atoms with Crippen molar-refractivity contribution in [1.29, 1.82) is 0 Å². The molecule has 1 fully saturated rings. The van der Waals surface area contributed by atoms with Crippen LogP contribution in [0.5, 0.6) is 0 Å². The molecule has 0 aromatic carbocycles. The molecule has 1 heterocycles. The zero-order chi connectivity index (χ0) is 14.1. The molecule has 1 amide bonds. The fraction of sp³-hybridized carbons (Fsp3) is 0.846. The van der Waals surface area contributed by atoms with Gasteiger partial charge in [0.2, 0.25) is 0 Å². The Hall–Kier alpha value is -0.940. The zero-order valence-corrected chi connectivity index (χ0v) is 12.3. The Morgan fingerprint density at radius 1 is 1.39 bits per heavy atom. The summed E-state index contributed by atoms with van der Waals surface area (Å²) in [6.45, 7) is 7.21. The fourth-order valence-electron chi connectivity index (χ4n) is 2.31. The van der Waals surface area contributed by atoms with Crippen LogP contribution in [0.25, 0.3) is 0 Å². The normalized spacial score (nSPS) is 27.2. The van der Waals surface area contributed by atoms with Crippen LogP contribution in [0.3, 0.4) is 0 Å². The number of hydrogen-bond acceptors (Lipinski definition) is 4. The van der Waals surface area contributed by atoms with Crippen molar-refractivity contribution in [3.05, 3.63) is 0 Å².